The molecule has 90 valence electrons. The number of rotatable bonds is 4. The lowest BCUT2D eigenvalue weighted by Crippen LogP contribution is -2.44. The van der Waals surface area contributed by atoms with Gasteiger partial charge in [-0.3, -0.25) is 0 Å². The predicted octanol–water partition coefficient (Wildman–Crippen LogP) is 1.96. The van der Waals surface area contributed by atoms with Crippen LogP contribution in [0.1, 0.15) is 24.0 Å². The molecule has 1 saturated carbocycles. The van der Waals surface area contributed by atoms with E-state index in [4.69, 9.17) is 10.00 Å². The van der Waals surface area contributed by atoms with Crippen LogP contribution in [0.4, 0.5) is 4.39 Å². The Bertz CT molecular complexity index is 436. The summed E-state index contributed by atoms with van der Waals surface area (Å²) in [7, 11) is 1.72. The van der Waals surface area contributed by atoms with Crippen LogP contribution in [0.25, 0.3) is 0 Å². The first-order chi connectivity index (χ1) is 8.22. The summed E-state index contributed by atoms with van der Waals surface area (Å²) < 4.78 is 18.3. The quantitative estimate of drug-likeness (QED) is 0.866. The molecule has 0 aliphatic heterocycles. The highest BCUT2D eigenvalue weighted by Gasteiger charge is 2.28. The minimum Gasteiger partial charge on any atom is -0.381 e. The maximum absolute atomic E-state index is 13.1. The number of nitrogens with zero attached hydrogens (tertiary/aromatic N) is 1. The molecule has 0 bridgehead atoms. The highest BCUT2D eigenvalue weighted by atomic mass is 19.1. The van der Waals surface area contributed by atoms with Gasteiger partial charge in [0.2, 0.25) is 0 Å². The Morgan fingerprint density at radius 3 is 2.94 bits per heavy atom. The molecule has 1 aliphatic carbocycles. The molecule has 0 amide bonds. The molecule has 0 heterocycles. The van der Waals surface area contributed by atoms with Crippen molar-refractivity contribution in [3.8, 4) is 6.07 Å². The zero-order chi connectivity index (χ0) is 12.3. The summed E-state index contributed by atoms with van der Waals surface area (Å²) in [5.74, 6) is -0.459. The molecular formula is C13H15FN2O. The number of ether oxygens (including phenoxy) is 1. The Kier molecular flexibility index (Phi) is 3.72. The third-order valence-electron chi connectivity index (χ3n) is 3.17. The molecule has 1 fully saturated rings. The first-order valence-corrected chi connectivity index (χ1v) is 5.67. The standard InChI is InChI=1S/C13H15FN2O/c1-17-12-5-11(6-12)16-8-9-2-3-13(14)10(4-9)7-15/h2-4,11-12,16H,5-6,8H2,1H3. The number of benzene rings is 1. The average molecular weight is 234 g/mol. The molecule has 0 aromatic heterocycles. The molecule has 3 nitrogen and oxygen atoms in total. The maximum atomic E-state index is 13.1. The molecule has 1 aliphatic rings. The van der Waals surface area contributed by atoms with E-state index in [0.717, 1.165) is 18.4 Å². The normalized spacial score (nSPS) is 22.9. The maximum Gasteiger partial charge on any atom is 0.140 e. The predicted molar refractivity (Wildman–Crippen MR) is 61.8 cm³/mol. The number of nitriles is 1. The summed E-state index contributed by atoms with van der Waals surface area (Å²) in [6.45, 7) is 0.663. The van der Waals surface area contributed by atoms with Crippen molar-refractivity contribution >= 4 is 0 Å². The number of nitrogens with one attached hydrogen (secondary N) is 1. The third-order valence-corrected chi connectivity index (χ3v) is 3.17. The van der Waals surface area contributed by atoms with Crippen molar-refractivity contribution in [2.24, 2.45) is 0 Å². The van der Waals surface area contributed by atoms with E-state index in [1.54, 1.807) is 19.2 Å². The van der Waals surface area contributed by atoms with E-state index < -0.39 is 5.82 Å². The molecule has 0 radical (unpaired) electrons. The fraction of sp³-hybridized carbons (Fsp3) is 0.462. The fourth-order valence-electron chi connectivity index (χ4n) is 1.96. The van der Waals surface area contributed by atoms with Gasteiger partial charge in [-0.15, -0.1) is 0 Å². The van der Waals surface area contributed by atoms with Gasteiger partial charge < -0.3 is 10.1 Å². The molecule has 17 heavy (non-hydrogen) atoms. The van der Waals surface area contributed by atoms with Crippen LogP contribution in [-0.4, -0.2) is 19.3 Å². The Balaban J connectivity index is 1.86. The van der Waals surface area contributed by atoms with Crippen LogP contribution in [-0.2, 0) is 11.3 Å². The highest BCUT2D eigenvalue weighted by Crippen LogP contribution is 2.22. The number of methoxy groups -OCH3 is 1. The molecule has 1 N–H and O–H groups in total. The molecule has 2 rings (SSSR count). The summed E-state index contributed by atoms with van der Waals surface area (Å²) in [4.78, 5) is 0. The van der Waals surface area contributed by atoms with Crippen LogP contribution in [0.3, 0.4) is 0 Å². The first-order valence-electron chi connectivity index (χ1n) is 5.67. The van der Waals surface area contributed by atoms with Gasteiger partial charge in [-0.2, -0.15) is 5.26 Å². The van der Waals surface area contributed by atoms with E-state index in [0.29, 0.717) is 18.7 Å². The molecule has 4 heteroatoms. The number of hydrogen-bond donors (Lipinski definition) is 1. The van der Waals surface area contributed by atoms with Crippen molar-refractivity contribution in [3.05, 3.63) is 35.1 Å². The second-order valence-corrected chi connectivity index (χ2v) is 4.33. The van der Waals surface area contributed by atoms with Gasteiger partial charge in [-0.25, -0.2) is 4.39 Å². The van der Waals surface area contributed by atoms with Gasteiger partial charge in [-0.05, 0) is 30.5 Å². The first kappa shape index (κ1) is 12.0. The van der Waals surface area contributed by atoms with E-state index in [1.165, 1.54) is 6.07 Å². The fourth-order valence-corrected chi connectivity index (χ4v) is 1.96. The largest absolute Gasteiger partial charge is 0.381 e. The van der Waals surface area contributed by atoms with Gasteiger partial charge in [0.1, 0.15) is 11.9 Å². The topological polar surface area (TPSA) is 45.0 Å². The summed E-state index contributed by atoms with van der Waals surface area (Å²) in [5, 5.41) is 12.1. The van der Waals surface area contributed by atoms with Gasteiger partial charge in [0, 0.05) is 19.7 Å². The van der Waals surface area contributed by atoms with Crippen molar-refractivity contribution in [2.75, 3.05) is 7.11 Å². The molecule has 1 aromatic carbocycles. The Labute approximate surface area is 100 Å². The van der Waals surface area contributed by atoms with E-state index in [-0.39, 0.29) is 5.56 Å². The summed E-state index contributed by atoms with van der Waals surface area (Å²) in [6.07, 6.45) is 2.40. The van der Waals surface area contributed by atoms with E-state index in [9.17, 15) is 4.39 Å². The number of halogens is 1. The molecular weight excluding hydrogens is 219 g/mol. The van der Waals surface area contributed by atoms with Crippen molar-refractivity contribution in [1.82, 2.24) is 5.32 Å². The Morgan fingerprint density at radius 2 is 2.29 bits per heavy atom. The SMILES string of the molecule is COC1CC(NCc2ccc(F)c(C#N)c2)C1. The van der Waals surface area contributed by atoms with E-state index in [1.807, 2.05) is 6.07 Å². The minimum atomic E-state index is -0.459. The highest BCUT2D eigenvalue weighted by molar-refractivity contribution is 5.34. The molecule has 0 saturated heterocycles. The summed E-state index contributed by atoms with van der Waals surface area (Å²) in [5.41, 5.74) is 1.04. The van der Waals surface area contributed by atoms with Gasteiger partial charge in [0.05, 0.1) is 11.7 Å². The third kappa shape index (κ3) is 2.82. The lowest BCUT2D eigenvalue weighted by molar-refractivity contribution is 0.0170. The monoisotopic (exact) mass is 234 g/mol. The molecule has 0 unspecified atom stereocenters. The van der Waals surface area contributed by atoms with Crippen molar-refractivity contribution < 1.29 is 9.13 Å². The van der Waals surface area contributed by atoms with E-state index in [2.05, 4.69) is 5.32 Å². The van der Waals surface area contributed by atoms with Gasteiger partial charge in [0.15, 0.2) is 0 Å². The van der Waals surface area contributed by atoms with Gasteiger partial charge >= 0.3 is 0 Å². The second-order valence-electron chi connectivity index (χ2n) is 4.33. The van der Waals surface area contributed by atoms with Crippen LogP contribution in [0.15, 0.2) is 18.2 Å². The smallest absolute Gasteiger partial charge is 0.140 e. The van der Waals surface area contributed by atoms with Crippen LogP contribution in [0.2, 0.25) is 0 Å². The van der Waals surface area contributed by atoms with Crippen LogP contribution in [0, 0.1) is 17.1 Å². The van der Waals surface area contributed by atoms with E-state index >= 15 is 0 Å². The lowest BCUT2D eigenvalue weighted by Gasteiger charge is -2.34. The molecule has 0 spiro atoms. The lowest BCUT2D eigenvalue weighted by atomic mass is 9.89. The number of hydrogen-bond acceptors (Lipinski definition) is 3. The van der Waals surface area contributed by atoms with Gasteiger partial charge in [0.25, 0.3) is 0 Å². The average Bonchev–Trinajstić information content (AvgIpc) is 2.29. The van der Waals surface area contributed by atoms with Crippen molar-refractivity contribution in [2.45, 2.75) is 31.5 Å². The van der Waals surface area contributed by atoms with Crippen molar-refractivity contribution in [3.63, 3.8) is 0 Å². The van der Waals surface area contributed by atoms with Crippen LogP contribution >= 0.6 is 0 Å². The zero-order valence-corrected chi connectivity index (χ0v) is 9.74. The minimum absolute atomic E-state index is 0.104. The Morgan fingerprint density at radius 1 is 1.53 bits per heavy atom. The molecule has 1 aromatic rings. The van der Waals surface area contributed by atoms with Gasteiger partial charge in [-0.1, -0.05) is 6.07 Å². The summed E-state index contributed by atoms with van der Waals surface area (Å²) >= 11 is 0. The van der Waals surface area contributed by atoms with Crippen molar-refractivity contribution in [1.29, 1.82) is 5.26 Å². The van der Waals surface area contributed by atoms with Crippen LogP contribution < -0.4 is 5.32 Å². The summed E-state index contributed by atoms with van der Waals surface area (Å²) in [6, 6.07) is 6.95. The second kappa shape index (κ2) is 5.26. The molecule has 0 atom stereocenters. The Hall–Kier alpha value is -1.44. The zero-order valence-electron chi connectivity index (χ0n) is 9.74. The van der Waals surface area contributed by atoms with Crippen LogP contribution in [0.5, 0.6) is 0 Å².